The molecule has 1 aliphatic heterocycles. The van der Waals surface area contributed by atoms with Gasteiger partial charge >= 0.3 is 5.97 Å². The fourth-order valence-electron chi connectivity index (χ4n) is 3.71. The zero-order valence-electron chi connectivity index (χ0n) is 17.8. The Labute approximate surface area is 187 Å². The Morgan fingerprint density at radius 1 is 1.16 bits per heavy atom. The van der Waals surface area contributed by atoms with Crippen LogP contribution in [0, 0.1) is 0 Å². The van der Waals surface area contributed by atoms with Crippen LogP contribution in [0.2, 0.25) is 0 Å². The number of anilines is 2. The highest BCUT2D eigenvalue weighted by atomic mass is 32.2. The number of aryl methyl sites for hydroxylation is 1. The molecule has 9 nitrogen and oxygen atoms in total. The first-order valence-electron chi connectivity index (χ1n) is 10.1. The number of β-amino-alcohol motifs (C(OH)–C–C–N with tert-alkyl or cyclic N) is 1. The van der Waals surface area contributed by atoms with Gasteiger partial charge in [0.05, 0.1) is 32.8 Å². The Kier molecular flexibility index (Phi) is 6.82. The first-order valence-corrected chi connectivity index (χ1v) is 13.5. The van der Waals surface area contributed by atoms with E-state index in [1.807, 2.05) is 0 Å². The van der Waals surface area contributed by atoms with Gasteiger partial charge in [-0.05, 0) is 55.2 Å². The number of sulfone groups is 1. The minimum Gasteiger partial charge on any atom is -0.478 e. The van der Waals surface area contributed by atoms with Crippen LogP contribution in [0.25, 0.3) is 0 Å². The number of rotatable bonds is 7. The minimum atomic E-state index is -4.25. The molecular weight excluding hydrogens is 456 g/mol. The summed E-state index contributed by atoms with van der Waals surface area (Å²) in [6.07, 6.45) is 2.12. The van der Waals surface area contributed by atoms with E-state index in [9.17, 15) is 31.8 Å². The molecule has 0 aromatic heterocycles. The van der Waals surface area contributed by atoms with Gasteiger partial charge in [0.1, 0.15) is 0 Å². The maximum atomic E-state index is 13.3. The van der Waals surface area contributed by atoms with Gasteiger partial charge in [0.2, 0.25) is 0 Å². The number of aromatic carboxylic acids is 1. The smallest absolute Gasteiger partial charge is 0.335 e. The molecule has 174 valence electrons. The maximum absolute atomic E-state index is 13.3. The van der Waals surface area contributed by atoms with Crippen molar-refractivity contribution in [3.05, 3.63) is 47.5 Å². The second-order valence-electron chi connectivity index (χ2n) is 7.78. The summed E-state index contributed by atoms with van der Waals surface area (Å²) in [6.45, 7) is 2.60. The Balaban J connectivity index is 2.12. The maximum Gasteiger partial charge on any atom is 0.335 e. The standard InChI is InChI=1S/C21H26N2O7S2/c1-3-14-6-7-15(21(25)26)11-20(14)32(29,30)22-18-12-17(31(2,27)28)8-9-19(18)23-10-4-5-16(24)13-23/h6-9,11-12,16,22,24H,3-5,10,13H2,1-2H3,(H,25,26). The third-order valence-electron chi connectivity index (χ3n) is 5.36. The molecule has 1 atom stereocenters. The van der Waals surface area contributed by atoms with Crippen molar-refractivity contribution in [3.63, 3.8) is 0 Å². The topological polar surface area (TPSA) is 141 Å². The molecule has 1 heterocycles. The number of hydrogen-bond acceptors (Lipinski definition) is 7. The zero-order valence-corrected chi connectivity index (χ0v) is 19.4. The molecule has 0 amide bonds. The number of hydrogen-bond donors (Lipinski definition) is 3. The molecule has 11 heteroatoms. The molecule has 3 N–H and O–H groups in total. The van der Waals surface area contributed by atoms with E-state index in [-0.39, 0.29) is 27.6 Å². The number of carbonyl (C=O) groups is 1. The molecule has 0 radical (unpaired) electrons. The number of nitrogens with one attached hydrogen (secondary N) is 1. The molecule has 0 bridgehead atoms. The molecule has 2 aromatic rings. The molecule has 32 heavy (non-hydrogen) atoms. The first-order chi connectivity index (χ1) is 14.9. The highest BCUT2D eigenvalue weighted by Crippen LogP contribution is 2.33. The Bertz CT molecular complexity index is 1240. The summed E-state index contributed by atoms with van der Waals surface area (Å²) in [6, 6.07) is 8.04. The lowest BCUT2D eigenvalue weighted by molar-refractivity contribution is 0.0696. The predicted octanol–water partition coefficient (Wildman–Crippen LogP) is 2.11. The summed E-state index contributed by atoms with van der Waals surface area (Å²) >= 11 is 0. The van der Waals surface area contributed by atoms with Crippen molar-refractivity contribution in [1.82, 2.24) is 0 Å². The van der Waals surface area contributed by atoms with Crippen molar-refractivity contribution in [2.45, 2.75) is 42.1 Å². The number of benzene rings is 2. The van der Waals surface area contributed by atoms with Crippen LogP contribution in [0.15, 0.2) is 46.2 Å². The van der Waals surface area contributed by atoms with Gasteiger partial charge in [-0.3, -0.25) is 4.72 Å². The Hall–Kier alpha value is -2.63. The number of aliphatic hydroxyl groups is 1. The van der Waals surface area contributed by atoms with Gasteiger partial charge in [0, 0.05) is 19.3 Å². The van der Waals surface area contributed by atoms with Crippen molar-refractivity contribution < 1.29 is 31.8 Å². The molecule has 1 aliphatic rings. The zero-order chi connectivity index (χ0) is 23.7. The molecule has 1 unspecified atom stereocenters. The van der Waals surface area contributed by atoms with Gasteiger partial charge in [-0.25, -0.2) is 21.6 Å². The Morgan fingerprint density at radius 3 is 2.47 bits per heavy atom. The van der Waals surface area contributed by atoms with Crippen molar-refractivity contribution in [3.8, 4) is 0 Å². The van der Waals surface area contributed by atoms with Gasteiger partial charge in [-0.15, -0.1) is 0 Å². The molecule has 1 saturated heterocycles. The normalized spacial score (nSPS) is 17.2. The van der Waals surface area contributed by atoms with E-state index >= 15 is 0 Å². The molecule has 3 rings (SSSR count). The SMILES string of the molecule is CCc1ccc(C(=O)O)cc1S(=O)(=O)Nc1cc(S(C)(=O)=O)ccc1N1CCCC(O)C1. The predicted molar refractivity (Wildman–Crippen MR) is 121 cm³/mol. The van der Waals surface area contributed by atoms with Gasteiger partial charge in [-0.1, -0.05) is 13.0 Å². The monoisotopic (exact) mass is 482 g/mol. The minimum absolute atomic E-state index is 0.0461. The number of sulfonamides is 1. The van der Waals surface area contributed by atoms with Gasteiger partial charge in [-0.2, -0.15) is 0 Å². The molecule has 0 saturated carbocycles. The van der Waals surface area contributed by atoms with Crippen molar-refractivity contribution in [2.75, 3.05) is 29.0 Å². The van der Waals surface area contributed by atoms with E-state index in [4.69, 9.17) is 0 Å². The summed E-state index contributed by atoms with van der Waals surface area (Å²) in [4.78, 5) is 12.9. The third kappa shape index (κ3) is 5.22. The fourth-order valence-corrected chi connectivity index (χ4v) is 5.76. The van der Waals surface area contributed by atoms with Crippen LogP contribution >= 0.6 is 0 Å². The van der Waals surface area contributed by atoms with Crippen LogP contribution in [0.4, 0.5) is 11.4 Å². The summed E-state index contributed by atoms with van der Waals surface area (Å²) in [5.74, 6) is -1.26. The summed E-state index contributed by atoms with van der Waals surface area (Å²) in [7, 11) is -7.86. The van der Waals surface area contributed by atoms with E-state index in [2.05, 4.69) is 4.72 Å². The van der Waals surface area contributed by atoms with E-state index in [1.54, 1.807) is 11.8 Å². The highest BCUT2D eigenvalue weighted by Gasteiger charge is 2.26. The summed E-state index contributed by atoms with van der Waals surface area (Å²) in [5.41, 5.74) is 0.737. The molecule has 1 fully saturated rings. The first kappa shape index (κ1) is 24.0. The fraction of sp³-hybridized carbons (Fsp3) is 0.381. The van der Waals surface area contributed by atoms with Gasteiger partial charge < -0.3 is 15.1 Å². The second kappa shape index (κ2) is 9.08. The van der Waals surface area contributed by atoms with Crippen LogP contribution in [-0.2, 0) is 26.3 Å². The van der Waals surface area contributed by atoms with E-state index in [0.717, 1.165) is 12.3 Å². The van der Waals surface area contributed by atoms with Crippen LogP contribution in [0.3, 0.4) is 0 Å². The van der Waals surface area contributed by atoms with Crippen molar-refractivity contribution in [2.24, 2.45) is 0 Å². The molecule has 0 spiro atoms. The van der Waals surface area contributed by atoms with E-state index in [1.165, 1.54) is 30.3 Å². The highest BCUT2D eigenvalue weighted by molar-refractivity contribution is 7.92. The lowest BCUT2D eigenvalue weighted by Gasteiger charge is -2.33. The van der Waals surface area contributed by atoms with E-state index < -0.39 is 31.9 Å². The van der Waals surface area contributed by atoms with E-state index in [0.29, 0.717) is 37.1 Å². The molecule has 2 aromatic carbocycles. The average molecular weight is 483 g/mol. The quantitative estimate of drug-likeness (QED) is 0.545. The lowest BCUT2D eigenvalue weighted by Crippen LogP contribution is -2.38. The van der Waals surface area contributed by atoms with Crippen molar-refractivity contribution >= 4 is 37.2 Å². The number of nitrogens with zero attached hydrogens (tertiary/aromatic N) is 1. The number of carboxylic acid groups (broad SMARTS) is 1. The van der Waals surface area contributed by atoms with Crippen LogP contribution in [-0.4, -0.2) is 58.5 Å². The molecule has 0 aliphatic carbocycles. The number of piperidine rings is 1. The number of aliphatic hydroxyl groups excluding tert-OH is 1. The van der Waals surface area contributed by atoms with Crippen molar-refractivity contribution in [1.29, 1.82) is 0 Å². The van der Waals surface area contributed by atoms with Crippen LogP contribution in [0.1, 0.15) is 35.7 Å². The number of carboxylic acids is 1. The van der Waals surface area contributed by atoms with Gasteiger partial charge in [0.25, 0.3) is 10.0 Å². The Morgan fingerprint density at radius 2 is 1.88 bits per heavy atom. The van der Waals surface area contributed by atoms with Crippen LogP contribution < -0.4 is 9.62 Å². The summed E-state index contributed by atoms with van der Waals surface area (Å²) < 4.78 is 53.2. The van der Waals surface area contributed by atoms with Crippen LogP contribution in [0.5, 0.6) is 0 Å². The average Bonchev–Trinajstić information content (AvgIpc) is 2.72. The van der Waals surface area contributed by atoms with Gasteiger partial charge in [0.15, 0.2) is 9.84 Å². The summed E-state index contributed by atoms with van der Waals surface area (Å²) in [5, 5.41) is 19.3. The largest absolute Gasteiger partial charge is 0.478 e. The third-order valence-corrected chi connectivity index (χ3v) is 7.92. The second-order valence-corrected chi connectivity index (χ2v) is 11.4. The lowest BCUT2D eigenvalue weighted by atomic mass is 10.1. The molecular formula is C21H26N2O7S2.